The molecule has 0 saturated carbocycles. The predicted octanol–water partition coefficient (Wildman–Crippen LogP) is 5.24. The number of benzene rings is 3. The number of rotatable bonds is 6. The second kappa shape index (κ2) is 9.16. The Hall–Kier alpha value is -3.45. The summed E-state index contributed by atoms with van der Waals surface area (Å²) in [5.74, 6) is -1.45. The summed E-state index contributed by atoms with van der Waals surface area (Å²) >= 11 is 3.29. The second-order valence-corrected chi connectivity index (χ2v) is 6.78. The second-order valence-electron chi connectivity index (χ2n) is 5.93. The van der Waals surface area contributed by atoms with Crippen molar-refractivity contribution in [3.8, 4) is 11.5 Å². The van der Waals surface area contributed by atoms with Crippen molar-refractivity contribution in [1.29, 1.82) is 0 Å². The summed E-state index contributed by atoms with van der Waals surface area (Å²) in [6.45, 7) is 0. The van der Waals surface area contributed by atoms with Gasteiger partial charge in [-0.2, -0.15) is 0 Å². The summed E-state index contributed by atoms with van der Waals surface area (Å²) in [6.07, 6.45) is 1.34. The number of carbonyl (C=O) groups excluding carboxylic acids is 1. The smallest absolute Gasteiger partial charge is 0.352 e. The van der Waals surface area contributed by atoms with Gasteiger partial charge in [-0.25, -0.2) is 9.18 Å². The number of hydrogen-bond donors (Lipinski definition) is 2. The molecule has 0 bridgehead atoms. The first-order valence-corrected chi connectivity index (χ1v) is 9.26. The Kier molecular flexibility index (Phi) is 6.41. The fourth-order valence-electron chi connectivity index (χ4n) is 2.42. The molecule has 0 saturated heterocycles. The van der Waals surface area contributed by atoms with Crippen molar-refractivity contribution in [3.63, 3.8) is 0 Å². The van der Waals surface area contributed by atoms with Gasteiger partial charge in [-0.05, 0) is 64.0 Å². The summed E-state index contributed by atoms with van der Waals surface area (Å²) in [5.41, 5.74) is 0.630. The number of halogens is 2. The highest BCUT2D eigenvalue weighted by Crippen LogP contribution is 2.30. The van der Waals surface area contributed by atoms with E-state index < -0.39 is 17.7 Å². The summed E-state index contributed by atoms with van der Waals surface area (Å²) < 4.78 is 19.6. The molecule has 7 heteroatoms. The van der Waals surface area contributed by atoms with Crippen LogP contribution in [0.3, 0.4) is 0 Å². The molecule has 3 rings (SSSR count). The highest BCUT2D eigenvalue weighted by molar-refractivity contribution is 9.10. The Morgan fingerprint density at radius 2 is 1.69 bits per heavy atom. The molecule has 0 unspecified atom stereocenters. The van der Waals surface area contributed by atoms with Crippen molar-refractivity contribution < 1.29 is 23.8 Å². The Morgan fingerprint density at radius 1 is 1.00 bits per heavy atom. The van der Waals surface area contributed by atoms with E-state index in [1.165, 1.54) is 24.3 Å². The van der Waals surface area contributed by atoms with Gasteiger partial charge in [-0.1, -0.05) is 30.3 Å². The molecule has 1 amide bonds. The van der Waals surface area contributed by atoms with Crippen LogP contribution in [-0.2, 0) is 4.79 Å². The average Bonchev–Trinajstić information content (AvgIpc) is 2.72. The van der Waals surface area contributed by atoms with Gasteiger partial charge in [0.2, 0.25) is 0 Å². The number of ether oxygens (including phenoxy) is 1. The van der Waals surface area contributed by atoms with E-state index in [1.54, 1.807) is 54.6 Å². The Balaban J connectivity index is 1.76. The Bertz CT molecular complexity index is 1070. The van der Waals surface area contributed by atoms with E-state index in [-0.39, 0.29) is 5.70 Å². The van der Waals surface area contributed by atoms with Gasteiger partial charge in [-0.15, -0.1) is 0 Å². The van der Waals surface area contributed by atoms with Crippen molar-refractivity contribution in [2.24, 2.45) is 0 Å². The fraction of sp³-hybridized carbons (Fsp3) is 0. The lowest BCUT2D eigenvalue weighted by Gasteiger charge is -2.09. The molecular weight excluding hydrogens is 441 g/mol. The lowest BCUT2D eigenvalue weighted by molar-refractivity contribution is -0.132. The van der Waals surface area contributed by atoms with Gasteiger partial charge < -0.3 is 15.2 Å². The number of carboxylic acids is 1. The minimum Gasteiger partial charge on any atom is -0.477 e. The van der Waals surface area contributed by atoms with Crippen LogP contribution in [0, 0.1) is 5.82 Å². The van der Waals surface area contributed by atoms with E-state index in [0.29, 0.717) is 27.1 Å². The maximum atomic E-state index is 13.4. The first kappa shape index (κ1) is 20.3. The lowest BCUT2D eigenvalue weighted by atomic mass is 10.1. The van der Waals surface area contributed by atoms with Crippen molar-refractivity contribution in [1.82, 2.24) is 5.32 Å². The minimum atomic E-state index is -1.27. The maximum absolute atomic E-state index is 13.4. The molecule has 0 atom stereocenters. The van der Waals surface area contributed by atoms with Crippen LogP contribution in [0.5, 0.6) is 11.5 Å². The normalized spacial score (nSPS) is 11.0. The lowest BCUT2D eigenvalue weighted by Crippen LogP contribution is -2.27. The zero-order valence-electron chi connectivity index (χ0n) is 14.9. The molecule has 3 aromatic carbocycles. The highest BCUT2D eigenvalue weighted by Gasteiger charge is 2.13. The molecule has 0 fully saturated rings. The van der Waals surface area contributed by atoms with E-state index in [4.69, 9.17) is 4.74 Å². The maximum Gasteiger partial charge on any atom is 0.352 e. The van der Waals surface area contributed by atoms with Crippen LogP contribution in [-0.4, -0.2) is 17.0 Å². The predicted molar refractivity (Wildman–Crippen MR) is 110 cm³/mol. The van der Waals surface area contributed by atoms with Crippen LogP contribution in [0.2, 0.25) is 0 Å². The molecule has 3 aromatic rings. The summed E-state index contributed by atoms with van der Waals surface area (Å²) in [7, 11) is 0. The topological polar surface area (TPSA) is 75.6 Å². The SMILES string of the molecule is O=C(O)C(=Cc1ccc(Oc2cc(F)ccc2Br)cc1)NC(=O)c1ccccc1. The van der Waals surface area contributed by atoms with Gasteiger partial charge in [0.15, 0.2) is 0 Å². The van der Waals surface area contributed by atoms with Gasteiger partial charge in [0, 0.05) is 11.6 Å². The molecule has 2 N–H and O–H groups in total. The molecule has 5 nitrogen and oxygen atoms in total. The van der Waals surface area contributed by atoms with Crippen LogP contribution in [0.15, 0.2) is 83.0 Å². The third-order valence-electron chi connectivity index (χ3n) is 3.83. The number of carboxylic acid groups (broad SMARTS) is 1. The van der Waals surface area contributed by atoms with Crippen molar-refractivity contribution in [3.05, 3.63) is 99.9 Å². The zero-order valence-corrected chi connectivity index (χ0v) is 16.5. The molecule has 0 aliphatic carbocycles. The first-order valence-electron chi connectivity index (χ1n) is 8.47. The van der Waals surface area contributed by atoms with Crippen molar-refractivity contribution >= 4 is 33.9 Å². The van der Waals surface area contributed by atoms with Gasteiger partial charge in [0.1, 0.15) is 23.0 Å². The number of hydrogen-bond acceptors (Lipinski definition) is 3. The molecular formula is C22H15BrFNO4. The van der Waals surface area contributed by atoms with Crippen LogP contribution < -0.4 is 10.1 Å². The zero-order chi connectivity index (χ0) is 20.8. The quantitative estimate of drug-likeness (QED) is 0.498. The summed E-state index contributed by atoms with van der Waals surface area (Å²) in [5, 5.41) is 11.8. The van der Waals surface area contributed by atoms with Crippen molar-refractivity contribution in [2.45, 2.75) is 0 Å². The van der Waals surface area contributed by atoms with Crippen molar-refractivity contribution in [2.75, 3.05) is 0 Å². The Morgan fingerprint density at radius 3 is 2.34 bits per heavy atom. The number of aliphatic carboxylic acids is 1. The molecule has 0 aliphatic heterocycles. The molecule has 146 valence electrons. The monoisotopic (exact) mass is 455 g/mol. The third-order valence-corrected chi connectivity index (χ3v) is 4.48. The van der Waals surface area contributed by atoms with Crippen LogP contribution in [0.25, 0.3) is 6.08 Å². The molecule has 0 spiro atoms. The molecule has 0 aliphatic rings. The van der Waals surface area contributed by atoms with Gasteiger partial charge in [0.25, 0.3) is 5.91 Å². The molecule has 29 heavy (non-hydrogen) atoms. The third kappa shape index (κ3) is 5.52. The van der Waals surface area contributed by atoms with E-state index in [1.807, 2.05) is 0 Å². The summed E-state index contributed by atoms with van der Waals surface area (Å²) in [4.78, 5) is 23.7. The minimum absolute atomic E-state index is 0.264. The standard InChI is InChI=1S/C22H15BrFNO4/c23-18-11-8-16(24)13-20(18)29-17-9-6-14(7-10-17)12-19(22(27)28)25-21(26)15-4-2-1-3-5-15/h1-13H,(H,25,26)(H,27,28). The van der Waals surface area contributed by atoms with Gasteiger partial charge in [0.05, 0.1) is 4.47 Å². The molecule has 0 radical (unpaired) electrons. The van der Waals surface area contributed by atoms with Gasteiger partial charge >= 0.3 is 5.97 Å². The van der Waals surface area contributed by atoms with E-state index in [0.717, 1.165) is 0 Å². The van der Waals surface area contributed by atoms with Crippen LogP contribution in [0.1, 0.15) is 15.9 Å². The molecule has 0 heterocycles. The number of amides is 1. The fourth-order valence-corrected chi connectivity index (χ4v) is 2.74. The van der Waals surface area contributed by atoms with E-state index >= 15 is 0 Å². The van der Waals surface area contributed by atoms with Crippen LogP contribution >= 0.6 is 15.9 Å². The Labute approximate surface area is 174 Å². The van der Waals surface area contributed by atoms with Crippen LogP contribution in [0.4, 0.5) is 4.39 Å². The van der Waals surface area contributed by atoms with Gasteiger partial charge in [-0.3, -0.25) is 4.79 Å². The van der Waals surface area contributed by atoms with E-state index in [2.05, 4.69) is 21.2 Å². The number of carbonyl (C=O) groups is 2. The molecule has 0 aromatic heterocycles. The summed E-state index contributed by atoms with van der Waals surface area (Å²) in [6, 6.07) is 18.9. The first-order chi connectivity index (χ1) is 13.9. The average molecular weight is 456 g/mol. The largest absolute Gasteiger partial charge is 0.477 e. The highest BCUT2D eigenvalue weighted by atomic mass is 79.9. The van der Waals surface area contributed by atoms with E-state index in [9.17, 15) is 19.1 Å². The number of nitrogens with one attached hydrogen (secondary N) is 1.